The van der Waals surface area contributed by atoms with Crippen LogP contribution in [0, 0.1) is 5.92 Å². The lowest BCUT2D eigenvalue weighted by molar-refractivity contribution is -0.0203. The molecular weight excluding hydrogens is 284 g/mol. The van der Waals surface area contributed by atoms with E-state index < -0.39 is 0 Å². The average Bonchev–Trinajstić information content (AvgIpc) is 2.53. The molecule has 0 aromatic rings. The molecule has 3 heteroatoms. The molecule has 1 aliphatic carbocycles. The van der Waals surface area contributed by atoms with Gasteiger partial charge in [-0.1, -0.05) is 12.8 Å². The van der Waals surface area contributed by atoms with E-state index >= 15 is 0 Å². The zero-order valence-electron chi connectivity index (χ0n) is 16.1. The van der Waals surface area contributed by atoms with Crippen LogP contribution in [0.15, 0.2) is 0 Å². The van der Waals surface area contributed by atoms with E-state index in [0.717, 1.165) is 5.92 Å². The molecular formula is C20H40N2O. The molecule has 0 spiro atoms. The van der Waals surface area contributed by atoms with Crippen LogP contribution in [-0.2, 0) is 4.74 Å². The highest BCUT2D eigenvalue weighted by molar-refractivity contribution is 4.76. The van der Waals surface area contributed by atoms with Crippen molar-refractivity contribution >= 4 is 0 Å². The standard InChI is InChI=1S/C20H40N2O/c1-17(2)22-15-13-21(14-16-22)12-6-5-7-19-8-10-20(11-9-19)23-18(3)4/h17-20H,5-16H2,1-4H3/t19-,20-. The normalized spacial score (nSPS) is 27.9. The van der Waals surface area contributed by atoms with Crippen molar-refractivity contribution in [1.82, 2.24) is 9.80 Å². The average molecular weight is 325 g/mol. The molecule has 1 saturated carbocycles. The smallest absolute Gasteiger partial charge is 0.0578 e. The molecule has 3 nitrogen and oxygen atoms in total. The van der Waals surface area contributed by atoms with Gasteiger partial charge in [0.2, 0.25) is 0 Å². The van der Waals surface area contributed by atoms with Gasteiger partial charge < -0.3 is 9.64 Å². The van der Waals surface area contributed by atoms with Gasteiger partial charge in [-0.15, -0.1) is 0 Å². The Kier molecular flexibility index (Phi) is 8.35. The van der Waals surface area contributed by atoms with E-state index in [1.54, 1.807) is 0 Å². The van der Waals surface area contributed by atoms with Crippen LogP contribution >= 0.6 is 0 Å². The van der Waals surface area contributed by atoms with Gasteiger partial charge in [0.1, 0.15) is 0 Å². The van der Waals surface area contributed by atoms with E-state index in [2.05, 4.69) is 37.5 Å². The van der Waals surface area contributed by atoms with Crippen molar-refractivity contribution in [2.24, 2.45) is 5.92 Å². The second kappa shape index (κ2) is 10.0. The highest BCUT2D eigenvalue weighted by Crippen LogP contribution is 2.30. The highest BCUT2D eigenvalue weighted by Gasteiger charge is 2.22. The first kappa shape index (κ1) is 19.2. The molecule has 0 bridgehead atoms. The number of hydrogen-bond acceptors (Lipinski definition) is 3. The minimum absolute atomic E-state index is 0.396. The van der Waals surface area contributed by atoms with Gasteiger partial charge in [0.15, 0.2) is 0 Å². The fourth-order valence-corrected chi connectivity index (χ4v) is 4.21. The van der Waals surface area contributed by atoms with Crippen LogP contribution in [0.4, 0.5) is 0 Å². The van der Waals surface area contributed by atoms with Gasteiger partial charge in [0, 0.05) is 32.2 Å². The molecule has 0 unspecified atom stereocenters. The molecule has 1 heterocycles. The number of piperazine rings is 1. The third-order valence-corrected chi connectivity index (χ3v) is 5.73. The van der Waals surface area contributed by atoms with Crippen molar-refractivity contribution in [2.75, 3.05) is 32.7 Å². The molecule has 0 N–H and O–H groups in total. The Morgan fingerprint density at radius 2 is 1.52 bits per heavy atom. The Morgan fingerprint density at radius 1 is 0.870 bits per heavy atom. The lowest BCUT2D eigenvalue weighted by Gasteiger charge is -2.37. The number of nitrogens with zero attached hydrogens (tertiary/aromatic N) is 2. The van der Waals surface area contributed by atoms with E-state index in [-0.39, 0.29) is 0 Å². The summed E-state index contributed by atoms with van der Waals surface area (Å²) in [6.07, 6.45) is 10.6. The minimum atomic E-state index is 0.396. The zero-order chi connectivity index (χ0) is 16.7. The van der Waals surface area contributed by atoms with Gasteiger partial charge in [0.25, 0.3) is 0 Å². The Balaban J connectivity index is 1.49. The van der Waals surface area contributed by atoms with Crippen LogP contribution in [-0.4, -0.2) is 60.8 Å². The highest BCUT2D eigenvalue weighted by atomic mass is 16.5. The number of ether oxygens (including phenoxy) is 1. The Hall–Kier alpha value is -0.120. The molecule has 2 fully saturated rings. The number of unbranched alkanes of at least 4 members (excludes halogenated alkanes) is 1. The predicted molar refractivity (Wildman–Crippen MR) is 99.0 cm³/mol. The lowest BCUT2D eigenvalue weighted by atomic mass is 9.84. The van der Waals surface area contributed by atoms with Crippen LogP contribution < -0.4 is 0 Å². The summed E-state index contributed by atoms with van der Waals surface area (Å²) in [4.78, 5) is 5.28. The predicted octanol–water partition coefficient (Wildman–Crippen LogP) is 4.17. The molecule has 1 saturated heterocycles. The zero-order valence-corrected chi connectivity index (χ0v) is 16.1. The molecule has 0 radical (unpaired) electrons. The fourth-order valence-electron chi connectivity index (χ4n) is 4.21. The third kappa shape index (κ3) is 7.11. The van der Waals surface area contributed by atoms with E-state index in [9.17, 15) is 0 Å². The first-order valence-corrected chi connectivity index (χ1v) is 10.2. The SMILES string of the molecule is CC(C)O[C@H]1CC[C@H](CCCCN2CCN(C(C)C)CC2)CC1. The van der Waals surface area contributed by atoms with Crippen molar-refractivity contribution in [1.29, 1.82) is 0 Å². The summed E-state index contributed by atoms with van der Waals surface area (Å²) in [6.45, 7) is 15.3. The summed E-state index contributed by atoms with van der Waals surface area (Å²) >= 11 is 0. The topological polar surface area (TPSA) is 15.7 Å². The maximum absolute atomic E-state index is 5.96. The fraction of sp³-hybridized carbons (Fsp3) is 1.00. The molecule has 1 aliphatic heterocycles. The molecule has 0 atom stereocenters. The third-order valence-electron chi connectivity index (χ3n) is 5.73. The molecule has 0 amide bonds. The van der Waals surface area contributed by atoms with Crippen LogP contribution in [0.5, 0.6) is 0 Å². The summed E-state index contributed by atoms with van der Waals surface area (Å²) in [6, 6.07) is 0.715. The van der Waals surface area contributed by atoms with E-state index in [4.69, 9.17) is 4.74 Å². The first-order valence-electron chi connectivity index (χ1n) is 10.2. The number of hydrogen-bond donors (Lipinski definition) is 0. The molecule has 136 valence electrons. The van der Waals surface area contributed by atoms with Crippen molar-refractivity contribution in [2.45, 2.75) is 90.9 Å². The Morgan fingerprint density at radius 3 is 2.09 bits per heavy atom. The maximum Gasteiger partial charge on any atom is 0.0578 e. The largest absolute Gasteiger partial charge is 0.376 e. The van der Waals surface area contributed by atoms with Gasteiger partial charge in [-0.2, -0.15) is 0 Å². The van der Waals surface area contributed by atoms with Crippen LogP contribution in [0.1, 0.15) is 72.6 Å². The second-order valence-corrected chi connectivity index (χ2v) is 8.29. The minimum Gasteiger partial charge on any atom is -0.376 e. The quantitative estimate of drug-likeness (QED) is 0.623. The van der Waals surface area contributed by atoms with Crippen molar-refractivity contribution in [3.63, 3.8) is 0 Å². The monoisotopic (exact) mass is 324 g/mol. The van der Waals surface area contributed by atoms with Crippen LogP contribution in [0.2, 0.25) is 0 Å². The van der Waals surface area contributed by atoms with E-state index in [1.165, 1.54) is 77.7 Å². The van der Waals surface area contributed by atoms with Gasteiger partial charge in [-0.05, 0) is 72.3 Å². The summed E-state index contributed by atoms with van der Waals surface area (Å²) in [5, 5.41) is 0. The Bertz CT molecular complexity index is 303. The van der Waals surface area contributed by atoms with Gasteiger partial charge >= 0.3 is 0 Å². The number of rotatable bonds is 8. The first-order chi connectivity index (χ1) is 11.0. The summed E-state index contributed by atoms with van der Waals surface area (Å²) in [5.41, 5.74) is 0. The van der Waals surface area contributed by atoms with Crippen LogP contribution in [0.3, 0.4) is 0 Å². The van der Waals surface area contributed by atoms with Gasteiger partial charge in [-0.3, -0.25) is 4.90 Å². The van der Waals surface area contributed by atoms with Gasteiger partial charge in [-0.25, -0.2) is 0 Å². The van der Waals surface area contributed by atoms with Crippen LogP contribution in [0.25, 0.3) is 0 Å². The van der Waals surface area contributed by atoms with E-state index in [1.807, 2.05) is 0 Å². The maximum atomic E-state index is 5.96. The second-order valence-electron chi connectivity index (χ2n) is 8.29. The van der Waals surface area contributed by atoms with Gasteiger partial charge in [0.05, 0.1) is 12.2 Å². The van der Waals surface area contributed by atoms with Crippen molar-refractivity contribution < 1.29 is 4.74 Å². The molecule has 23 heavy (non-hydrogen) atoms. The summed E-state index contributed by atoms with van der Waals surface area (Å²) in [7, 11) is 0. The van der Waals surface area contributed by atoms with Crippen molar-refractivity contribution in [3.8, 4) is 0 Å². The van der Waals surface area contributed by atoms with Crippen molar-refractivity contribution in [3.05, 3.63) is 0 Å². The summed E-state index contributed by atoms with van der Waals surface area (Å²) < 4.78 is 5.96. The molecule has 2 rings (SSSR count). The summed E-state index contributed by atoms with van der Waals surface area (Å²) in [5.74, 6) is 0.972. The molecule has 2 aliphatic rings. The molecule has 0 aromatic carbocycles. The Labute approximate surface area is 144 Å². The van der Waals surface area contributed by atoms with E-state index in [0.29, 0.717) is 18.2 Å². The molecule has 0 aromatic heterocycles. The lowest BCUT2D eigenvalue weighted by Crippen LogP contribution is -2.48.